The molecule has 0 saturated heterocycles. The highest BCUT2D eigenvalue weighted by Gasteiger charge is 2.68. The van der Waals surface area contributed by atoms with Gasteiger partial charge in [0, 0.05) is 67.2 Å². The minimum Gasteiger partial charge on any atom is -0.396 e. The maximum atomic E-state index is 14.6. The van der Waals surface area contributed by atoms with Gasteiger partial charge in [-0.2, -0.15) is 30.6 Å². The molecule has 576 valence electrons. The molecule has 8 atom stereocenters. The number of aliphatic hydroxyl groups excluding tert-OH is 1. The van der Waals surface area contributed by atoms with Crippen LogP contribution in [0.15, 0.2) is 159 Å². The number of aromatic nitrogens is 16. The summed E-state index contributed by atoms with van der Waals surface area (Å²) >= 11 is 0. The Balaban J connectivity index is 0.000000127. The zero-order chi connectivity index (χ0) is 78.8. The Morgan fingerprint density at radius 3 is 1.21 bits per heavy atom. The van der Waals surface area contributed by atoms with Crippen LogP contribution in [-0.2, 0) is 45.9 Å². The van der Waals surface area contributed by atoms with Crippen molar-refractivity contribution < 1.29 is 39.9 Å². The lowest BCUT2D eigenvalue weighted by Gasteiger charge is -2.37. The molecule has 18 rings (SSSR count). The third-order valence-electron chi connectivity index (χ3n) is 25.2. The molecule has 6 bridgehead atoms. The molecule has 3 aromatic carbocycles. The molecular weight excluding hydrogens is 1450 g/mol. The van der Waals surface area contributed by atoms with Crippen LogP contribution in [-0.4, -0.2) is 112 Å². The molecule has 0 spiro atoms. The molecule has 6 aliphatic rings. The van der Waals surface area contributed by atoms with Crippen molar-refractivity contribution in [3.8, 4) is 67.5 Å². The molecule has 2 N–H and O–H groups in total. The van der Waals surface area contributed by atoms with Crippen molar-refractivity contribution in [3.63, 3.8) is 0 Å². The lowest BCUT2D eigenvalue weighted by atomic mass is 9.66. The van der Waals surface area contributed by atoms with Crippen LogP contribution in [0.3, 0.4) is 0 Å². The van der Waals surface area contributed by atoms with Crippen LogP contribution in [0.4, 0.5) is 26.3 Å². The molecule has 3 saturated carbocycles. The van der Waals surface area contributed by atoms with E-state index in [1.165, 1.54) is 54.6 Å². The Morgan fingerprint density at radius 1 is 0.464 bits per heavy atom. The first-order chi connectivity index (χ1) is 53.5. The summed E-state index contributed by atoms with van der Waals surface area (Å²) in [5.74, 6) is -3.28. The van der Waals surface area contributed by atoms with E-state index < -0.39 is 61.2 Å². The highest BCUT2D eigenvalue weighted by molar-refractivity contribution is 7.88. The molecule has 9 aromatic heterocycles. The first-order valence-corrected chi connectivity index (χ1v) is 39.8. The molecule has 0 radical (unpaired) electrons. The maximum Gasteiger partial charge on any atom is 0.209 e. The second-order valence-corrected chi connectivity index (χ2v) is 34.4. The van der Waals surface area contributed by atoms with Crippen molar-refractivity contribution in [2.24, 2.45) is 22.2 Å². The number of rotatable bonds is 18. The highest BCUT2D eigenvalue weighted by Crippen LogP contribution is 2.72. The standard InChI is InChI=1S/C29H30F2N6O2S.C29H29F2N5O.C27H26F2N6/c1-17(36-40(4,38)39)15-37-16-18(14-32-37)23-9-6-10-25(33-23)29-12-11-20(28(29,2)3)19-13-24(34-35-27(19)29)26-21(30)7-5-8-22(26)31;1-17(16-37)14-36-15-18(13-32-36)23-8-5-9-25(33-23)29-11-10-20(28(29,2)3)19-12-24(34-35-27(19)29)26-21(30)6-4-7-22(26)31;1-4-10-35-15-16(12-31-35)22-13-30-14-23(32-22)27-9-8-18(26(27,2)3)17-11-21(33-34-25(17)27)24-19(28)6-5-7-20(24)29/h5-10,13-14,16-17,20,36H,11-12,15H2,1-4H3;4-9,12-13,15,17,20,37H,10-11,14,16H2,1-3H3;5-7,11-15,18H,4,8-10H2,1-3H3/t2*17-,20+,29+;18-,27-/m110/s1. The zero-order valence-electron chi connectivity index (χ0n) is 63.8. The van der Waals surface area contributed by atoms with Crippen LogP contribution in [0, 0.1) is 57.1 Å². The lowest BCUT2D eigenvalue weighted by molar-refractivity contribution is 0.219. The highest BCUT2D eigenvalue weighted by atomic mass is 32.2. The monoisotopic (exact) mass is 1540 g/mol. The van der Waals surface area contributed by atoms with Gasteiger partial charge in [0.25, 0.3) is 0 Å². The van der Waals surface area contributed by atoms with Crippen molar-refractivity contribution in [2.75, 3.05) is 12.9 Å². The van der Waals surface area contributed by atoms with E-state index in [-0.39, 0.29) is 86.3 Å². The van der Waals surface area contributed by atoms with Crippen LogP contribution >= 0.6 is 0 Å². The molecule has 6 aliphatic carbocycles. The normalized spacial score (nSPS) is 22.0. The molecule has 3 fully saturated rings. The summed E-state index contributed by atoms with van der Waals surface area (Å²) in [6, 6.07) is 28.5. The van der Waals surface area contributed by atoms with Gasteiger partial charge >= 0.3 is 0 Å². The Morgan fingerprint density at radius 2 is 0.821 bits per heavy atom. The van der Waals surface area contributed by atoms with Crippen molar-refractivity contribution in [2.45, 2.75) is 167 Å². The molecule has 0 unspecified atom stereocenters. The van der Waals surface area contributed by atoms with Crippen molar-refractivity contribution in [1.82, 2.24) is 84.6 Å². The van der Waals surface area contributed by atoms with Gasteiger partial charge in [-0.3, -0.25) is 29.0 Å². The number of pyridine rings is 2. The number of nitrogens with one attached hydrogen (secondary N) is 1. The van der Waals surface area contributed by atoms with Crippen LogP contribution < -0.4 is 4.72 Å². The van der Waals surface area contributed by atoms with Crippen molar-refractivity contribution >= 4 is 10.0 Å². The average molecular weight is 1540 g/mol. The van der Waals surface area contributed by atoms with Gasteiger partial charge < -0.3 is 5.11 Å². The van der Waals surface area contributed by atoms with Gasteiger partial charge in [0.1, 0.15) is 34.9 Å². The summed E-state index contributed by atoms with van der Waals surface area (Å²) in [6.45, 7) is 21.2. The fourth-order valence-corrected chi connectivity index (χ4v) is 20.6. The smallest absolute Gasteiger partial charge is 0.209 e. The first-order valence-electron chi connectivity index (χ1n) is 37.9. The van der Waals surface area contributed by atoms with E-state index in [4.69, 9.17) is 15.0 Å². The fraction of sp³-hybridized carbons (Fsp3) is 0.376. The molecular formula is C85H85F6N17O3S. The maximum absolute atomic E-state index is 14.6. The molecule has 0 aliphatic heterocycles. The zero-order valence-corrected chi connectivity index (χ0v) is 64.6. The van der Waals surface area contributed by atoms with Crippen molar-refractivity contribution in [1.29, 1.82) is 0 Å². The predicted molar refractivity (Wildman–Crippen MR) is 410 cm³/mol. The van der Waals surface area contributed by atoms with Gasteiger partial charge in [0.05, 0.1) is 139 Å². The van der Waals surface area contributed by atoms with Crippen LogP contribution in [0.2, 0.25) is 0 Å². The van der Waals surface area contributed by atoms with Gasteiger partial charge in [-0.15, -0.1) is 15.3 Å². The fourth-order valence-electron chi connectivity index (χ4n) is 19.7. The third-order valence-corrected chi connectivity index (χ3v) is 26.0. The Bertz CT molecular complexity index is 5730. The first kappa shape index (κ1) is 75.4. The molecule has 12 aromatic rings. The van der Waals surface area contributed by atoms with Gasteiger partial charge in [0.15, 0.2) is 0 Å². The summed E-state index contributed by atoms with van der Waals surface area (Å²) in [5.41, 5.74) is 11.2. The molecule has 112 heavy (non-hydrogen) atoms. The molecule has 9 heterocycles. The minimum atomic E-state index is -3.32. The second kappa shape index (κ2) is 28.2. The minimum absolute atomic E-state index is 0.105. The van der Waals surface area contributed by atoms with Crippen LogP contribution in [0.5, 0.6) is 0 Å². The van der Waals surface area contributed by atoms with E-state index in [1.807, 2.05) is 95.8 Å². The molecule has 27 heteroatoms. The Kier molecular flexibility index (Phi) is 19.0. The summed E-state index contributed by atoms with van der Waals surface area (Å²) < 4.78 is 118. The Labute approximate surface area is 645 Å². The third kappa shape index (κ3) is 12.2. The van der Waals surface area contributed by atoms with Gasteiger partial charge in [0.2, 0.25) is 10.0 Å². The van der Waals surface area contributed by atoms with E-state index >= 15 is 0 Å². The second-order valence-electron chi connectivity index (χ2n) is 32.6. The number of aryl methyl sites for hydroxylation is 1. The van der Waals surface area contributed by atoms with E-state index in [2.05, 4.69) is 104 Å². The van der Waals surface area contributed by atoms with E-state index in [1.54, 1.807) is 36.3 Å². The van der Waals surface area contributed by atoms with E-state index in [0.717, 1.165) is 142 Å². The van der Waals surface area contributed by atoms with E-state index in [9.17, 15) is 39.9 Å². The lowest BCUT2D eigenvalue weighted by Crippen LogP contribution is -2.38. The average Bonchev–Trinajstić information content (AvgIpc) is 1.53. The number of hydrogen-bond acceptors (Lipinski definition) is 16. The SMILES string of the molecule is CCCn1cc(-c2cncc([C@@]34CC[C@@H](c5cc(-c6c(F)cccc6F)nnc53)C4(C)C)n2)cn1.C[C@@H](CO)Cn1cc(-c2cccc([C@@]34CC[C@@H](c5cc(-c6c(F)cccc6F)nnc53)C4(C)C)n2)cn1.C[C@H](Cn1cc(-c2cccc([C@@]34CC[C@@H](c5cc(-c6c(F)cccc6F)nnc53)C4(C)C)n2)cn1)NS(C)(=O)=O. The number of fused-ring (bicyclic) bond motifs is 15. The topological polar surface area (TPSA) is 249 Å². The summed E-state index contributed by atoms with van der Waals surface area (Å²) in [4.78, 5) is 19.8. The predicted octanol–water partition coefficient (Wildman–Crippen LogP) is 16.0. The number of halogens is 6. The Hall–Kier alpha value is -10.6. The molecule has 0 amide bonds. The number of nitrogens with zero attached hydrogens (tertiary/aromatic N) is 16. The number of aliphatic hydroxyl groups is 1. The molecule has 20 nitrogen and oxygen atoms in total. The number of hydrogen-bond donors (Lipinski definition) is 2. The summed E-state index contributed by atoms with van der Waals surface area (Å²) in [5, 5.41) is 49.5. The summed E-state index contributed by atoms with van der Waals surface area (Å²) in [7, 11) is -3.32. The van der Waals surface area contributed by atoms with Gasteiger partial charge in [-0.25, -0.2) is 44.5 Å². The van der Waals surface area contributed by atoms with Crippen molar-refractivity contribution in [3.05, 3.63) is 245 Å². The summed E-state index contributed by atoms with van der Waals surface area (Å²) in [6.07, 6.45) is 22.2. The largest absolute Gasteiger partial charge is 0.396 e. The van der Waals surface area contributed by atoms with Gasteiger partial charge in [-0.1, -0.05) is 85.7 Å². The van der Waals surface area contributed by atoms with E-state index in [0.29, 0.717) is 13.1 Å². The number of sulfonamides is 1. The number of benzene rings is 3. The quantitative estimate of drug-likeness (QED) is 0.0758. The van der Waals surface area contributed by atoms with Crippen LogP contribution in [0.25, 0.3) is 67.5 Å². The van der Waals surface area contributed by atoms with Crippen LogP contribution in [0.1, 0.15) is 176 Å². The van der Waals surface area contributed by atoms with Gasteiger partial charge in [-0.05, 0) is 187 Å².